The Morgan fingerprint density at radius 2 is 2.04 bits per heavy atom. The van der Waals surface area contributed by atoms with Crippen molar-refractivity contribution in [2.75, 3.05) is 0 Å². The molecule has 2 aromatic rings. The van der Waals surface area contributed by atoms with Crippen LogP contribution in [-0.4, -0.2) is 41.8 Å². The maximum atomic E-state index is 12.2. The summed E-state index contributed by atoms with van der Waals surface area (Å²) in [4.78, 5) is 39.8. The first-order valence-corrected chi connectivity index (χ1v) is 8.57. The van der Waals surface area contributed by atoms with E-state index in [0.717, 1.165) is 18.7 Å². The van der Waals surface area contributed by atoms with Crippen molar-refractivity contribution in [1.82, 2.24) is 30.0 Å². The molecule has 0 bridgehead atoms. The first-order valence-electron chi connectivity index (χ1n) is 8.57. The van der Waals surface area contributed by atoms with Crippen LogP contribution in [0.1, 0.15) is 48.6 Å². The predicted octanol–water partition coefficient (Wildman–Crippen LogP) is -0.920. The van der Waals surface area contributed by atoms with Crippen LogP contribution in [0.3, 0.4) is 0 Å². The SMILES string of the molecule is CCn1c(CO)nnc1C1CC(NC(=O)Cc2c(C)[nH]c(=O)[nH]c2=O)C1. The number of amides is 1. The lowest BCUT2D eigenvalue weighted by Crippen LogP contribution is -2.45. The van der Waals surface area contributed by atoms with E-state index < -0.39 is 11.2 Å². The Balaban J connectivity index is 1.58. The molecule has 0 spiro atoms. The Bertz CT molecular complexity index is 922. The molecule has 1 saturated carbocycles. The van der Waals surface area contributed by atoms with E-state index in [9.17, 15) is 19.5 Å². The van der Waals surface area contributed by atoms with E-state index in [2.05, 4.69) is 25.5 Å². The van der Waals surface area contributed by atoms with Crippen molar-refractivity contribution < 1.29 is 9.90 Å². The molecule has 0 radical (unpaired) electrons. The average molecular weight is 362 g/mol. The lowest BCUT2D eigenvalue weighted by atomic mass is 9.79. The summed E-state index contributed by atoms with van der Waals surface area (Å²) in [6, 6.07) is 0.00855. The molecule has 1 aliphatic rings. The monoisotopic (exact) mass is 362 g/mol. The number of aryl methyl sites for hydroxylation is 1. The highest BCUT2D eigenvalue weighted by molar-refractivity contribution is 5.79. The normalized spacial score (nSPS) is 19.2. The molecular weight excluding hydrogens is 340 g/mol. The van der Waals surface area contributed by atoms with Crippen LogP contribution in [0.15, 0.2) is 9.59 Å². The van der Waals surface area contributed by atoms with Crippen molar-refractivity contribution >= 4 is 5.91 Å². The molecule has 0 unspecified atom stereocenters. The first-order chi connectivity index (χ1) is 12.4. The van der Waals surface area contributed by atoms with Gasteiger partial charge in [-0.1, -0.05) is 0 Å². The zero-order valence-corrected chi connectivity index (χ0v) is 14.7. The molecule has 140 valence electrons. The predicted molar refractivity (Wildman–Crippen MR) is 91.6 cm³/mol. The maximum absolute atomic E-state index is 12.2. The number of carbonyl (C=O) groups is 1. The van der Waals surface area contributed by atoms with Crippen molar-refractivity contribution in [3.63, 3.8) is 0 Å². The first kappa shape index (κ1) is 18.1. The van der Waals surface area contributed by atoms with Gasteiger partial charge in [0.15, 0.2) is 5.82 Å². The zero-order valence-electron chi connectivity index (χ0n) is 14.7. The minimum Gasteiger partial charge on any atom is -0.388 e. The average Bonchev–Trinajstić information content (AvgIpc) is 2.96. The molecule has 2 heterocycles. The third kappa shape index (κ3) is 3.45. The van der Waals surface area contributed by atoms with Crippen LogP contribution >= 0.6 is 0 Å². The molecule has 10 heteroatoms. The number of aromatic amines is 2. The number of rotatable bonds is 6. The summed E-state index contributed by atoms with van der Waals surface area (Å²) < 4.78 is 1.89. The van der Waals surface area contributed by atoms with Crippen LogP contribution in [-0.2, 0) is 24.4 Å². The van der Waals surface area contributed by atoms with Crippen molar-refractivity contribution in [1.29, 1.82) is 0 Å². The topological polar surface area (TPSA) is 146 Å². The van der Waals surface area contributed by atoms with Crippen LogP contribution in [0, 0.1) is 6.92 Å². The number of hydrogen-bond donors (Lipinski definition) is 4. The zero-order chi connectivity index (χ0) is 18.8. The number of hydrogen-bond acceptors (Lipinski definition) is 6. The lowest BCUT2D eigenvalue weighted by Gasteiger charge is -2.35. The van der Waals surface area contributed by atoms with Gasteiger partial charge >= 0.3 is 5.69 Å². The molecule has 1 fully saturated rings. The van der Waals surface area contributed by atoms with Crippen LogP contribution in [0.5, 0.6) is 0 Å². The molecule has 0 atom stereocenters. The third-order valence-corrected chi connectivity index (χ3v) is 4.77. The fourth-order valence-corrected chi connectivity index (χ4v) is 3.34. The number of H-pyrrole nitrogens is 2. The minimum atomic E-state index is -0.583. The van der Waals surface area contributed by atoms with E-state index >= 15 is 0 Å². The Morgan fingerprint density at radius 1 is 1.31 bits per heavy atom. The molecule has 0 saturated heterocycles. The lowest BCUT2D eigenvalue weighted by molar-refractivity contribution is -0.121. The molecule has 4 N–H and O–H groups in total. The van der Waals surface area contributed by atoms with Gasteiger partial charge < -0.3 is 20.0 Å². The molecule has 10 nitrogen and oxygen atoms in total. The number of aliphatic hydroxyl groups excluding tert-OH is 1. The van der Waals surface area contributed by atoms with Crippen LogP contribution < -0.4 is 16.6 Å². The van der Waals surface area contributed by atoms with Crippen molar-refractivity contribution in [3.8, 4) is 0 Å². The molecular formula is C16H22N6O4. The quantitative estimate of drug-likeness (QED) is 0.523. The van der Waals surface area contributed by atoms with Crippen LogP contribution in [0.2, 0.25) is 0 Å². The number of carbonyl (C=O) groups excluding carboxylic acids is 1. The van der Waals surface area contributed by atoms with Crippen LogP contribution in [0.4, 0.5) is 0 Å². The molecule has 0 aliphatic heterocycles. The summed E-state index contributed by atoms with van der Waals surface area (Å²) in [5.41, 5.74) is -0.467. The smallest absolute Gasteiger partial charge is 0.325 e. The van der Waals surface area contributed by atoms with E-state index in [1.165, 1.54) is 0 Å². The minimum absolute atomic E-state index is 0.00855. The summed E-state index contributed by atoms with van der Waals surface area (Å²) in [6.45, 7) is 4.09. The van der Waals surface area contributed by atoms with E-state index in [4.69, 9.17) is 0 Å². The Hall–Kier alpha value is -2.75. The maximum Gasteiger partial charge on any atom is 0.325 e. The van der Waals surface area contributed by atoms with E-state index in [0.29, 0.717) is 18.1 Å². The molecule has 1 aliphatic carbocycles. The van der Waals surface area contributed by atoms with E-state index in [-0.39, 0.29) is 36.5 Å². The Kier molecular flexibility index (Phi) is 5.03. The molecule has 2 aromatic heterocycles. The Labute approximate surface area is 148 Å². The molecule has 3 rings (SSSR count). The van der Waals surface area contributed by atoms with Gasteiger partial charge in [-0.2, -0.15) is 0 Å². The van der Waals surface area contributed by atoms with E-state index in [1.54, 1.807) is 6.92 Å². The molecule has 26 heavy (non-hydrogen) atoms. The summed E-state index contributed by atoms with van der Waals surface area (Å²) in [5.74, 6) is 1.30. The van der Waals surface area contributed by atoms with Gasteiger partial charge in [-0.3, -0.25) is 14.6 Å². The fraction of sp³-hybridized carbons (Fsp3) is 0.562. The number of nitrogens with one attached hydrogen (secondary N) is 3. The molecule has 1 amide bonds. The number of aromatic nitrogens is 5. The highest BCUT2D eigenvalue weighted by Crippen LogP contribution is 2.36. The highest BCUT2D eigenvalue weighted by Gasteiger charge is 2.35. The Morgan fingerprint density at radius 3 is 2.65 bits per heavy atom. The summed E-state index contributed by atoms with van der Waals surface area (Å²) >= 11 is 0. The van der Waals surface area contributed by atoms with Gasteiger partial charge in [0.2, 0.25) is 5.91 Å². The largest absolute Gasteiger partial charge is 0.388 e. The van der Waals surface area contributed by atoms with Gasteiger partial charge in [0.1, 0.15) is 12.4 Å². The van der Waals surface area contributed by atoms with Crippen molar-refractivity contribution in [3.05, 3.63) is 43.7 Å². The number of aliphatic hydroxyl groups is 1. The fourth-order valence-electron chi connectivity index (χ4n) is 3.34. The van der Waals surface area contributed by atoms with Gasteiger partial charge in [0.25, 0.3) is 5.56 Å². The third-order valence-electron chi connectivity index (χ3n) is 4.77. The van der Waals surface area contributed by atoms with Gasteiger partial charge in [-0.15, -0.1) is 10.2 Å². The molecule has 0 aromatic carbocycles. The van der Waals surface area contributed by atoms with Crippen LogP contribution in [0.25, 0.3) is 0 Å². The highest BCUT2D eigenvalue weighted by atomic mass is 16.3. The van der Waals surface area contributed by atoms with Gasteiger partial charge in [-0.05, 0) is 26.7 Å². The number of nitrogens with zero attached hydrogens (tertiary/aromatic N) is 3. The second-order valence-electron chi connectivity index (χ2n) is 6.50. The van der Waals surface area contributed by atoms with Crippen molar-refractivity contribution in [2.24, 2.45) is 0 Å². The van der Waals surface area contributed by atoms with Gasteiger partial charge in [0.05, 0.1) is 6.42 Å². The summed E-state index contributed by atoms with van der Waals surface area (Å²) in [5, 5.41) is 20.3. The standard InChI is InChI=1S/C16H22N6O4/c1-3-22-12(7-23)20-21-14(22)9-4-10(5-9)18-13(24)6-11-8(2)17-16(26)19-15(11)25/h9-10,23H,3-7H2,1-2H3,(H,18,24)(H2,17,19,25,26). The van der Waals surface area contributed by atoms with Crippen molar-refractivity contribution in [2.45, 2.75) is 58.2 Å². The second-order valence-corrected chi connectivity index (χ2v) is 6.50. The van der Waals surface area contributed by atoms with Gasteiger partial charge in [-0.25, -0.2) is 4.79 Å². The van der Waals surface area contributed by atoms with E-state index in [1.807, 2.05) is 11.5 Å². The summed E-state index contributed by atoms with van der Waals surface area (Å²) in [6.07, 6.45) is 1.38. The second kappa shape index (κ2) is 7.24. The van der Waals surface area contributed by atoms with Gasteiger partial charge in [0, 0.05) is 29.8 Å². The summed E-state index contributed by atoms with van der Waals surface area (Å²) in [7, 11) is 0.